The van der Waals surface area contributed by atoms with Crippen molar-refractivity contribution in [1.29, 1.82) is 0 Å². The average Bonchev–Trinajstić information content (AvgIpc) is 3.86. The Labute approximate surface area is 497 Å². The molecule has 0 bridgehead atoms. The van der Waals surface area contributed by atoms with Crippen molar-refractivity contribution >= 4 is 62.7 Å². The lowest BCUT2D eigenvalue weighted by Gasteiger charge is -2.30. The molecule has 2 aliphatic carbocycles. The fourth-order valence-corrected chi connectivity index (χ4v) is 10.9. The van der Waals surface area contributed by atoms with Crippen molar-refractivity contribution in [3.8, 4) is 34.5 Å². The number of thiazole rings is 1. The van der Waals surface area contributed by atoms with Crippen molar-refractivity contribution < 1.29 is 67.0 Å². The number of hydrogen-bond acceptors (Lipinski definition) is 18. The zero-order valence-electron chi connectivity index (χ0n) is 48.4. The molecule has 0 aliphatic heterocycles. The van der Waals surface area contributed by atoms with E-state index >= 15 is 0 Å². The Kier molecular flexibility index (Phi) is 26.6. The molecular weight excluding hydrogens is 1090 g/mol. The van der Waals surface area contributed by atoms with Gasteiger partial charge in [-0.3, -0.25) is 14.4 Å². The molecule has 1 aromatic heterocycles. The Morgan fingerprint density at radius 3 is 1.64 bits per heavy atom. The van der Waals surface area contributed by atoms with Gasteiger partial charge in [0.15, 0.2) is 6.29 Å². The van der Waals surface area contributed by atoms with Gasteiger partial charge in [-0.15, -0.1) is 0 Å². The number of para-hydroxylation sites is 1. The maximum Gasteiger partial charge on any atom is 0.330 e. The van der Waals surface area contributed by atoms with Crippen LogP contribution in [0, 0.1) is 23.7 Å². The molecule has 450 valence electrons. The van der Waals surface area contributed by atoms with Crippen LogP contribution in [0.3, 0.4) is 0 Å². The number of nitrogens with zero attached hydrogens (tertiary/aromatic N) is 3. The van der Waals surface area contributed by atoms with Crippen LogP contribution < -0.4 is 33.4 Å². The number of anilines is 1. The molecule has 84 heavy (non-hydrogen) atoms. The molecule has 1 atom stereocenters. The summed E-state index contributed by atoms with van der Waals surface area (Å²) in [6, 6.07) is 26.9. The zero-order chi connectivity index (χ0) is 59.3. The summed E-state index contributed by atoms with van der Waals surface area (Å²) in [5, 5.41) is 18.6. The first-order valence-electron chi connectivity index (χ1n) is 29.8. The molecule has 5 aromatic rings. The number of carbonyl (C=O) groups is 5. The van der Waals surface area contributed by atoms with Crippen molar-refractivity contribution in [3.05, 3.63) is 122 Å². The van der Waals surface area contributed by atoms with Gasteiger partial charge < -0.3 is 43.0 Å². The second kappa shape index (κ2) is 34.9. The number of aliphatic hydroxyl groups excluding tert-OH is 1. The Balaban J connectivity index is 0.910. The molecule has 0 saturated heterocycles. The lowest BCUT2D eigenvalue weighted by Crippen LogP contribution is -2.33. The van der Waals surface area contributed by atoms with Crippen LogP contribution in [0.2, 0.25) is 0 Å². The van der Waals surface area contributed by atoms with Gasteiger partial charge >= 0.3 is 29.8 Å². The minimum absolute atomic E-state index is 0.181. The van der Waals surface area contributed by atoms with E-state index in [1.165, 1.54) is 0 Å². The molecule has 2 fully saturated rings. The number of fused-ring (bicyclic) bond motifs is 1. The second-order valence-electron chi connectivity index (χ2n) is 21.2. The largest absolute Gasteiger partial charge is 0.494 e. The molecule has 0 amide bonds. The number of hydrogen-bond donors (Lipinski definition) is 1. The third kappa shape index (κ3) is 21.2. The van der Waals surface area contributed by atoms with Crippen molar-refractivity contribution in [2.45, 2.75) is 142 Å². The van der Waals surface area contributed by atoms with Crippen LogP contribution >= 0.6 is 11.3 Å². The fourth-order valence-electron chi connectivity index (χ4n) is 9.99. The van der Waals surface area contributed by atoms with Gasteiger partial charge in [-0.05, 0) is 188 Å². The Morgan fingerprint density at radius 1 is 0.595 bits per heavy atom. The van der Waals surface area contributed by atoms with Gasteiger partial charge in [-0.25, -0.2) is 19.6 Å². The Bertz CT molecular complexity index is 2880. The highest BCUT2D eigenvalue weighted by molar-refractivity contribution is 7.22. The number of carbonyl (C=O) groups excluding carboxylic acids is 5. The van der Waals surface area contributed by atoms with E-state index in [0.29, 0.717) is 113 Å². The lowest BCUT2D eigenvalue weighted by molar-refractivity contribution is -0.145. The van der Waals surface area contributed by atoms with E-state index in [4.69, 9.17) is 48.0 Å². The molecule has 1 N–H and O–H groups in total. The Hall–Kier alpha value is -7.57. The van der Waals surface area contributed by atoms with E-state index < -0.39 is 42.0 Å². The van der Waals surface area contributed by atoms with Crippen molar-refractivity contribution in [2.75, 3.05) is 38.0 Å². The van der Waals surface area contributed by atoms with Crippen LogP contribution in [0.5, 0.6) is 34.5 Å². The number of aromatic nitrogens is 1. The zero-order valence-corrected chi connectivity index (χ0v) is 49.2. The number of ether oxygens (including phenoxy) is 8. The predicted molar refractivity (Wildman–Crippen MR) is 323 cm³/mol. The molecule has 1 unspecified atom stereocenters. The molecule has 2 aliphatic rings. The number of benzene rings is 4. The highest BCUT2D eigenvalue weighted by atomic mass is 32.1. The van der Waals surface area contributed by atoms with Gasteiger partial charge in [0.05, 0.1) is 60.6 Å². The van der Waals surface area contributed by atoms with Gasteiger partial charge in [0.1, 0.15) is 34.5 Å². The fraction of sp³-hybridized carbons (Fsp3) is 0.470. The number of rotatable bonds is 35. The topological polar surface area (TPSA) is 208 Å². The average molecular weight is 1170 g/mol. The summed E-state index contributed by atoms with van der Waals surface area (Å²) in [4.78, 5) is 68.3. The molecule has 4 aromatic carbocycles. The van der Waals surface area contributed by atoms with Gasteiger partial charge in [-0.2, -0.15) is 5.10 Å². The minimum Gasteiger partial charge on any atom is -0.494 e. The maximum absolute atomic E-state index is 14.0. The molecular formula is C66H81N3O14S. The van der Waals surface area contributed by atoms with Crippen LogP contribution in [0.15, 0.2) is 121 Å². The van der Waals surface area contributed by atoms with Crippen molar-refractivity contribution in [3.63, 3.8) is 0 Å². The lowest BCUT2D eigenvalue weighted by atomic mass is 9.81. The monoisotopic (exact) mass is 1170 g/mol. The third-order valence-electron chi connectivity index (χ3n) is 14.9. The normalized spacial score (nSPS) is 17.1. The highest BCUT2D eigenvalue weighted by Gasteiger charge is 2.34. The quantitative estimate of drug-likeness (QED) is 0.00761. The summed E-state index contributed by atoms with van der Waals surface area (Å²) >= 11 is 1.54. The number of aliphatic hydroxyl groups is 1. The molecule has 1 heterocycles. The SMILES string of the molecule is C=CC(=O)OCCCCCCOc1ccc(OC(=O)C2CCC(C(=O)Oc3ccc(OC(=O)C4CCC(C(O)Oc5ccc(OCCCCCCOC(=O)C=C)cc5)CC4)cc3/C=N/N(CCCCCC)c3nc4ccccc4s3)CC2)cc1. The molecule has 7 rings (SSSR count). The van der Waals surface area contributed by atoms with Gasteiger partial charge in [0.25, 0.3) is 0 Å². The number of unbranched alkanes of at least 4 members (excludes halogenated alkanes) is 9. The summed E-state index contributed by atoms with van der Waals surface area (Å²) in [6.07, 6.45) is 17.9. The van der Waals surface area contributed by atoms with E-state index in [-0.39, 0.29) is 29.3 Å². The smallest absolute Gasteiger partial charge is 0.330 e. The summed E-state index contributed by atoms with van der Waals surface area (Å²) in [5.74, 6) is -0.597. The van der Waals surface area contributed by atoms with E-state index in [0.717, 1.165) is 105 Å². The number of esters is 5. The van der Waals surface area contributed by atoms with E-state index in [2.05, 4.69) is 20.1 Å². The summed E-state index contributed by atoms with van der Waals surface area (Å²) in [6.45, 7) is 11.4. The van der Waals surface area contributed by atoms with Crippen LogP contribution in [0.25, 0.3) is 10.2 Å². The van der Waals surface area contributed by atoms with Crippen LogP contribution in [-0.4, -0.2) is 85.4 Å². The van der Waals surface area contributed by atoms with Gasteiger partial charge in [0.2, 0.25) is 5.13 Å². The number of hydrazone groups is 1. The van der Waals surface area contributed by atoms with Crippen LogP contribution in [0.4, 0.5) is 5.13 Å². The van der Waals surface area contributed by atoms with E-state index in [9.17, 15) is 29.1 Å². The first-order chi connectivity index (χ1) is 41.0. The minimum atomic E-state index is -1.06. The van der Waals surface area contributed by atoms with E-state index in [1.807, 2.05) is 29.3 Å². The molecule has 18 heteroatoms. The highest BCUT2D eigenvalue weighted by Crippen LogP contribution is 2.36. The first-order valence-corrected chi connectivity index (χ1v) is 30.6. The van der Waals surface area contributed by atoms with E-state index in [1.54, 1.807) is 84.3 Å². The molecule has 0 radical (unpaired) electrons. The second-order valence-corrected chi connectivity index (χ2v) is 22.2. The molecule has 2 saturated carbocycles. The third-order valence-corrected chi connectivity index (χ3v) is 16.0. The van der Waals surface area contributed by atoms with Gasteiger partial charge in [0, 0.05) is 30.2 Å². The molecule has 0 spiro atoms. The summed E-state index contributed by atoms with van der Waals surface area (Å²) in [5.41, 5.74) is 1.31. The summed E-state index contributed by atoms with van der Waals surface area (Å²) in [7, 11) is 0. The van der Waals surface area contributed by atoms with Crippen molar-refractivity contribution in [2.24, 2.45) is 28.8 Å². The standard InChI is InChI=1S/C66H81N3O14S/c1-4-7-8-15-40-69(66-68-57-20-13-14-21-59(57)84-66)67-46-51-45-56(82-64(74)49-24-22-47(23-25-49)62(72)80-54-34-30-52(31-35-54)76-41-16-9-11-18-43-78-60(70)5-2)38-39-58(51)83-65(75)50-28-26-48(27-29-50)63(73)81-55-36-32-53(33-37-55)77-42-17-10-12-19-44-79-61(71)6-3/h5-6,13-14,20-21,30-39,45-50,62,72H,2-4,7-12,15-19,22-29,40-44H2,1H3/b67-46+. The van der Waals surface area contributed by atoms with Crippen LogP contribution in [-0.2, 0) is 33.4 Å². The first kappa shape index (κ1) is 64.0. The molecule has 17 nitrogen and oxygen atoms in total. The van der Waals surface area contributed by atoms with Crippen LogP contribution in [0.1, 0.15) is 141 Å². The summed E-state index contributed by atoms with van der Waals surface area (Å²) < 4.78 is 46.6. The van der Waals surface area contributed by atoms with Gasteiger partial charge in [-0.1, -0.05) is 62.8 Å². The Morgan fingerprint density at radius 2 is 1.08 bits per heavy atom. The predicted octanol–water partition coefficient (Wildman–Crippen LogP) is 13.5. The van der Waals surface area contributed by atoms with Crippen molar-refractivity contribution in [1.82, 2.24) is 4.98 Å². The maximum atomic E-state index is 14.0.